The van der Waals surface area contributed by atoms with E-state index in [1.807, 2.05) is 30.3 Å². The molecule has 3 atom stereocenters. The smallest absolute Gasteiger partial charge is 0.249 e. The number of carbonyl (C=O) groups excluding carboxylic acids is 1. The first-order valence-electron chi connectivity index (χ1n) is 12.1. The predicted octanol–water partition coefficient (Wildman–Crippen LogP) is 4.53. The Balaban J connectivity index is 1.58. The number of methoxy groups -OCH3 is 1. The lowest BCUT2D eigenvalue weighted by atomic mass is 9.80. The number of ether oxygens (including phenoxy) is 3. The number of nitrogens with two attached hydrogens (primary N) is 1. The second-order valence-corrected chi connectivity index (χ2v) is 10.1. The average Bonchev–Trinajstić information content (AvgIpc) is 3.64. The fraction of sp³-hybridized carbons (Fsp3) is 0.321. The first kappa shape index (κ1) is 24.2. The summed E-state index contributed by atoms with van der Waals surface area (Å²) < 4.78 is 49.0. The maximum Gasteiger partial charge on any atom is 0.249 e. The molecule has 0 saturated carbocycles. The Morgan fingerprint density at radius 2 is 2.00 bits per heavy atom. The van der Waals surface area contributed by atoms with Crippen LogP contribution in [-0.2, 0) is 23.2 Å². The van der Waals surface area contributed by atoms with Crippen LogP contribution in [0.1, 0.15) is 33.5 Å². The highest BCUT2D eigenvalue weighted by Gasteiger charge is 2.51. The van der Waals surface area contributed by atoms with Gasteiger partial charge in [-0.05, 0) is 18.1 Å². The Morgan fingerprint density at radius 1 is 1.22 bits per heavy atom. The van der Waals surface area contributed by atoms with Crippen LogP contribution in [0.15, 0.2) is 42.5 Å². The summed E-state index contributed by atoms with van der Waals surface area (Å²) in [5.74, 6) is -2.15. The van der Waals surface area contributed by atoms with Crippen LogP contribution in [0, 0.1) is 11.6 Å². The molecule has 1 unspecified atom stereocenters. The van der Waals surface area contributed by atoms with Crippen LogP contribution in [0.25, 0.3) is 11.1 Å². The minimum Gasteiger partial charge on any atom is -0.490 e. The molecule has 0 radical (unpaired) electrons. The molecule has 9 heteroatoms. The highest BCUT2D eigenvalue weighted by atomic mass is 35.5. The number of carbonyl (C=O) groups is 1. The molecule has 3 aliphatic rings. The summed E-state index contributed by atoms with van der Waals surface area (Å²) in [6, 6.07) is 12.2. The van der Waals surface area contributed by atoms with Crippen LogP contribution < -0.4 is 20.5 Å². The summed E-state index contributed by atoms with van der Waals surface area (Å²) in [5, 5.41) is 3.19. The van der Waals surface area contributed by atoms with Crippen molar-refractivity contribution in [2.45, 2.75) is 37.0 Å². The molecule has 37 heavy (non-hydrogen) atoms. The standard InChI is InChI=1S/C28H25ClF2N2O4/c1-35-16-10-21(33-13-16)28(15-5-3-2-4-6-15)12-18-20(37-28)11-19(30)24(29)22(18)23-17(27(32)34)9-14-7-8-36-26(14)25(23)31/h2-6,9,11,16,21,33H,7-8,10,12-13H2,1H3,(H2,32,34)/t16?,21-,28-/m0/s1. The molecule has 1 fully saturated rings. The van der Waals surface area contributed by atoms with Gasteiger partial charge in [-0.3, -0.25) is 4.79 Å². The maximum atomic E-state index is 16.0. The van der Waals surface area contributed by atoms with Crippen molar-refractivity contribution in [1.82, 2.24) is 5.32 Å². The van der Waals surface area contributed by atoms with Crippen molar-refractivity contribution in [3.8, 4) is 22.6 Å². The molecule has 1 amide bonds. The molecule has 3 N–H and O–H groups in total. The number of primary amides is 1. The van der Waals surface area contributed by atoms with Crippen molar-refractivity contribution >= 4 is 17.5 Å². The van der Waals surface area contributed by atoms with E-state index < -0.39 is 23.1 Å². The van der Waals surface area contributed by atoms with Gasteiger partial charge in [-0.15, -0.1) is 0 Å². The average molecular weight is 527 g/mol. The third kappa shape index (κ3) is 3.69. The van der Waals surface area contributed by atoms with Crippen LogP contribution in [-0.4, -0.2) is 38.3 Å². The third-order valence-corrected chi connectivity index (χ3v) is 8.07. The molecule has 0 bridgehead atoms. The number of amides is 1. The van der Waals surface area contributed by atoms with Gasteiger partial charge in [0.25, 0.3) is 0 Å². The van der Waals surface area contributed by atoms with Gasteiger partial charge in [-0.1, -0.05) is 41.9 Å². The largest absolute Gasteiger partial charge is 0.490 e. The number of hydrogen-bond acceptors (Lipinski definition) is 5. The number of rotatable bonds is 5. The summed E-state index contributed by atoms with van der Waals surface area (Å²) in [4.78, 5) is 12.5. The quantitative estimate of drug-likeness (QED) is 0.510. The fourth-order valence-corrected chi connectivity index (χ4v) is 6.17. The van der Waals surface area contributed by atoms with Crippen LogP contribution in [0.3, 0.4) is 0 Å². The highest BCUT2D eigenvalue weighted by Crippen LogP contribution is 2.53. The normalized spacial score (nSPS) is 23.9. The van der Waals surface area contributed by atoms with Crippen molar-refractivity contribution < 1.29 is 27.8 Å². The van der Waals surface area contributed by atoms with Crippen molar-refractivity contribution in [3.05, 3.63) is 81.4 Å². The van der Waals surface area contributed by atoms with Crippen molar-refractivity contribution in [2.24, 2.45) is 5.73 Å². The molecule has 1 saturated heterocycles. The van der Waals surface area contributed by atoms with E-state index >= 15 is 8.78 Å². The van der Waals surface area contributed by atoms with Crippen molar-refractivity contribution in [3.63, 3.8) is 0 Å². The van der Waals surface area contributed by atoms with Gasteiger partial charge in [-0.2, -0.15) is 0 Å². The van der Waals surface area contributed by atoms with Crippen LogP contribution in [0.2, 0.25) is 5.02 Å². The molecule has 3 aromatic carbocycles. The van der Waals surface area contributed by atoms with E-state index in [9.17, 15) is 4.79 Å². The Morgan fingerprint density at radius 3 is 2.70 bits per heavy atom. The number of halogens is 3. The van der Waals surface area contributed by atoms with Gasteiger partial charge in [0, 0.05) is 54.8 Å². The summed E-state index contributed by atoms with van der Waals surface area (Å²) in [6.45, 7) is 0.900. The predicted molar refractivity (Wildman–Crippen MR) is 134 cm³/mol. The molecular formula is C28H25ClF2N2O4. The van der Waals surface area contributed by atoms with Crippen LogP contribution >= 0.6 is 11.6 Å². The SMILES string of the molecule is COC1CN[C@H]([C@@]2(c3ccccc3)Cc3c(cc(F)c(Cl)c3-c3c(C(N)=O)cc4c(c3F)OCC4)O2)C1. The second-order valence-electron chi connectivity index (χ2n) is 9.68. The summed E-state index contributed by atoms with van der Waals surface area (Å²) in [6.07, 6.45) is 1.32. The molecule has 6 rings (SSSR count). The van der Waals surface area contributed by atoms with Gasteiger partial charge >= 0.3 is 0 Å². The lowest BCUT2D eigenvalue weighted by Crippen LogP contribution is -2.48. The Hall–Kier alpha value is -3.20. The fourth-order valence-electron chi connectivity index (χ4n) is 5.91. The van der Waals surface area contributed by atoms with E-state index in [2.05, 4.69) is 5.32 Å². The lowest BCUT2D eigenvalue weighted by molar-refractivity contribution is 0.0441. The van der Waals surface area contributed by atoms with Crippen LogP contribution in [0.4, 0.5) is 8.78 Å². The van der Waals surface area contributed by atoms with Gasteiger partial charge < -0.3 is 25.3 Å². The Bertz CT molecular complexity index is 1420. The van der Waals surface area contributed by atoms with Gasteiger partial charge in [0.05, 0.1) is 29.3 Å². The molecule has 0 aliphatic carbocycles. The molecule has 0 spiro atoms. The molecule has 3 aromatic rings. The van der Waals surface area contributed by atoms with E-state index in [0.29, 0.717) is 30.5 Å². The zero-order valence-electron chi connectivity index (χ0n) is 20.1. The zero-order chi connectivity index (χ0) is 25.9. The maximum absolute atomic E-state index is 16.0. The topological polar surface area (TPSA) is 82.8 Å². The summed E-state index contributed by atoms with van der Waals surface area (Å²) in [7, 11) is 1.66. The zero-order valence-corrected chi connectivity index (χ0v) is 20.8. The van der Waals surface area contributed by atoms with Gasteiger partial charge in [0.15, 0.2) is 17.2 Å². The van der Waals surface area contributed by atoms with Crippen molar-refractivity contribution in [2.75, 3.05) is 20.3 Å². The molecule has 0 aromatic heterocycles. The molecule has 3 aliphatic heterocycles. The Kier molecular flexibility index (Phi) is 5.86. The third-order valence-electron chi connectivity index (χ3n) is 7.70. The summed E-state index contributed by atoms with van der Waals surface area (Å²) >= 11 is 6.53. The van der Waals surface area contributed by atoms with E-state index in [4.69, 9.17) is 31.5 Å². The van der Waals surface area contributed by atoms with Crippen molar-refractivity contribution in [1.29, 1.82) is 0 Å². The van der Waals surface area contributed by atoms with E-state index in [-0.39, 0.29) is 58.4 Å². The number of fused-ring (bicyclic) bond motifs is 2. The van der Waals surface area contributed by atoms with E-state index in [1.54, 1.807) is 7.11 Å². The van der Waals surface area contributed by atoms with Gasteiger partial charge in [-0.25, -0.2) is 8.78 Å². The Labute approximate surface area is 217 Å². The molecule has 6 nitrogen and oxygen atoms in total. The monoisotopic (exact) mass is 526 g/mol. The van der Waals surface area contributed by atoms with Crippen LogP contribution in [0.5, 0.6) is 11.5 Å². The van der Waals surface area contributed by atoms with E-state index in [0.717, 1.165) is 5.56 Å². The highest BCUT2D eigenvalue weighted by molar-refractivity contribution is 6.34. The molecule has 3 heterocycles. The first-order valence-corrected chi connectivity index (χ1v) is 12.5. The lowest BCUT2D eigenvalue weighted by Gasteiger charge is -2.35. The van der Waals surface area contributed by atoms with Gasteiger partial charge in [0.2, 0.25) is 5.91 Å². The first-order chi connectivity index (χ1) is 17.8. The second kappa shape index (κ2) is 8.97. The van der Waals surface area contributed by atoms with Gasteiger partial charge in [0.1, 0.15) is 11.6 Å². The summed E-state index contributed by atoms with van der Waals surface area (Å²) in [5.41, 5.74) is 6.45. The minimum absolute atomic E-state index is 0.0227. The number of benzene rings is 3. The minimum atomic E-state index is -0.945. The number of nitrogens with one attached hydrogen (secondary N) is 1. The molecular weight excluding hydrogens is 502 g/mol. The molecule has 192 valence electrons. The van der Waals surface area contributed by atoms with E-state index in [1.165, 1.54) is 12.1 Å². The number of hydrogen-bond donors (Lipinski definition) is 2.